The summed E-state index contributed by atoms with van der Waals surface area (Å²) < 4.78 is 0. The smallest absolute Gasteiger partial charge is 0.0955 e. The first-order valence-corrected chi connectivity index (χ1v) is 6.27. The summed E-state index contributed by atoms with van der Waals surface area (Å²) in [7, 11) is 0. The van der Waals surface area contributed by atoms with Crippen LogP contribution in [0.15, 0.2) is 30.5 Å². The van der Waals surface area contributed by atoms with Gasteiger partial charge in [0.1, 0.15) is 0 Å². The van der Waals surface area contributed by atoms with Gasteiger partial charge >= 0.3 is 0 Å². The molecule has 0 amide bonds. The summed E-state index contributed by atoms with van der Waals surface area (Å²) >= 11 is 0. The van der Waals surface area contributed by atoms with Crippen molar-refractivity contribution in [2.75, 3.05) is 30.3 Å². The summed E-state index contributed by atoms with van der Waals surface area (Å²) in [6.45, 7) is 3.77. The Bertz CT molecular complexity index is 521. The van der Waals surface area contributed by atoms with Gasteiger partial charge in [-0.2, -0.15) is 0 Å². The van der Waals surface area contributed by atoms with Crippen molar-refractivity contribution in [3.63, 3.8) is 0 Å². The Kier molecular flexibility index (Phi) is 3.99. The molecular formula is C14H19N3O. The van der Waals surface area contributed by atoms with Crippen molar-refractivity contribution < 1.29 is 5.11 Å². The lowest BCUT2D eigenvalue weighted by molar-refractivity contribution is 0.302. The maximum absolute atomic E-state index is 9.16. The highest BCUT2D eigenvalue weighted by Crippen LogP contribution is 2.29. The number of fused-ring (bicyclic) bond motifs is 1. The van der Waals surface area contributed by atoms with Gasteiger partial charge in [-0.15, -0.1) is 0 Å². The van der Waals surface area contributed by atoms with Crippen molar-refractivity contribution in [1.29, 1.82) is 0 Å². The topological polar surface area (TPSA) is 62.4 Å². The molecule has 0 radical (unpaired) electrons. The van der Waals surface area contributed by atoms with E-state index in [1.807, 2.05) is 24.3 Å². The Morgan fingerprint density at radius 3 is 2.83 bits per heavy atom. The normalized spacial score (nSPS) is 10.8. The Morgan fingerprint density at radius 1 is 1.28 bits per heavy atom. The lowest BCUT2D eigenvalue weighted by Gasteiger charge is -2.24. The van der Waals surface area contributed by atoms with Gasteiger partial charge in [-0.25, -0.2) is 0 Å². The van der Waals surface area contributed by atoms with Crippen LogP contribution in [0.25, 0.3) is 10.9 Å². The monoisotopic (exact) mass is 245 g/mol. The number of nitrogens with two attached hydrogens (primary N) is 1. The number of nitrogen functional groups attached to an aromatic ring is 1. The third kappa shape index (κ3) is 2.38. The first-order valence-electron chi connectivity index (χ1n) is 6.27. The Labute approximate surface area is 107 Å². The minimum absolute atomic E-state index is 0.138. The van der Waals surface area contributed by atoms with Crippen LogP contribution < -0.4 is 10.6 Å². The van der Waals surface area contributed by atoms with Crippen molar-refractivity contribution >= 4 is 22.3 Å². The molecule has 1 heterocycles. The Balaban J connectivity index is 2.52. The number of aromatic nitrogens is 1. The van der Waals surface area contributed by atoms with E-state index >= 15 is 0 Å². The molecular weight excluding hydrogens is 226 g/mol. The second-order valence-electron chi connectivity index (χ2n) is 4.28. The molecule has 0 atom stereocenters. The summed E-state index contributed by atoms with van der Waals surface area (Å²) in [4.78, 5) is 6.57. The number of pyridine rings is 1. The molecule has 2 aromatic rings. The predicted molar refractivity (Wildman–Crippen MR) is 75.7 cm³/mol. The SMILES string of the molecule is CCCN(CCO)c1ccc(N)c2cccnc12. The minimum atomic E-state index is 0.138. The molecule has 0 aliphatic heterocycles. The lowest BCUT2D eigenvalue weighted by Crippen LogP contribution is -2.27. The highest BCUT2D eigenvalue weighted by atomic mass is 16.3. The van der Waals surface area contributed by atoms with Crippen LogP contribution in [0.4, 0.5) is 11.4 Å². The summed E-state index contributed by atoms with van der Waals surface area (Å²) in [6.07, 6.45) is 2.80. The highest BCUT2D eigenvalue weighted by Gasteiger charge is 2.11. The van der Waals surface area contributed by atoms with E-state index in [9.17, 15) is 0 Å². The number of nitrogens with zero attached hydrogens (tertiary/aromatic N) is 2. The van der Waals surface area contributed by atoms with E-state index in [1.165, 1.54) is 0 Å². The average molecular weight is 245 g/mol. The van der Waals surface area contributed by atoms with Crippen LogP contribution in [0.3, 0.4) is 0 Å². The Hall–Kier alpha value is -1.81. The zero-order chi connectivity index (χ0) is 13.0. The van der Waals surface area contributed by atoms with Gasteiger partial charge in [-0.05, 0) is 30.7 Å². The van der Waals surface area contributed by atoms with E-state index in [0.717, 1.165) is 35.2 Å². The maximum Gasteiger partial charge on any atom is 0.0955 e. The molecule has 1 aromatic carbocycles. The molecule has 4 nitrogen and oxygen atoms in total. The number of hydrogen-bond donors (Lipinski definition) is 2. The van der Waals surface area contributed by atoms with Gasteiger partial charge < -0.3 is 15.7 Å². The van der Waals surface area contributed by atoms with Crippen molar-refractivity contribution in [1.82, 2.24) is 4.98 Å². The largest absolute Gasteiger partial charge is 0.398 e. The van der Waals surface area contributed by atoms with Crippen molar-refractivity contribution in [2.45, 2.75) is 13.3 Å². The molecule has 4 heteroatoms. The first-order chi connectivity index (χ1) is 8.77. The van der Waals surface area contributed by atoms with Crippen LogP contribution in [0.2, 0.25) is 0 Å². The number of hydrogen-bond acceptors (Lipinski definition) is 4. The molecule has 0 bridgehead atoms. The molecule has 0 spiro atoms. The molecule has 1 aromatic heterocycles. The molecule has 96 valence electrons. The molecule has 0 aliphatic carbocycles. The molecule has 0 aliphatic rings. The standard InChI is InChI=1S/C14H19N3O/c1-2-8-17(9-10-18)13-6-5-12(15)11-4-3-7-16-14(11)13/h3-7,18H,2,8-10,15H2,1H3. The van der Waals surface area contributed by atoms with E-state index in [-0.39, 0.29) is 6.61 Å². The maximum atomic E-state index is 9.16. The fourth-order valence-corrected chi connectivity index (χ4v) is 2.18. The summed E-state index contributed by atoms with van der Waals surface area (Å²) in [5.74, 6) is 0. The van der Waals surface area contributed by atoms with Crippen molar-refractivity contribution in [2.24, 2.45) is 0 Å². The average Bonchev–Trinajstić information content (AvgIpc) is 2.39. The number of aliphatic hydroxyl groups excluding tert-OH is 1. The molecule has 0 unspecified atom stereocenters. The van der Waals surface area contributed by atoms with Gasteiger partial charge in [0.25, 0.3) is 0 Å². The van der Waals surface area contributed by atoms with E-state index in [1.54, 1.807) is 6.20 Å². The molecule has 0 saturated carbocycles. The Morgan fingerprint density at radius 2 is 2.11 bits per heavy atom. The zero-order valence-electron chi connectivity index (χ0n) is 10.6. The van der Waals surface area contributed by atoms with Gasteiger partial charge in [-0.1, -0.05) is 6.92 Å². The quantitative estimate of drug-likeness (QED) is 0.791. The van der Waals surface area contributed by atoms with Crippen LogP contribution in [-0.2, 0) is 0 Å². The third-order valence-corrected chi connectivity index (χ3v) is 2.99. The van der Waals surface area contributed by atoms with Crippen LogP contribution in [0.5, 0.6) is 0 Å². The number of aliphatic hydroxyl groups is 1. The fourth-order valence-electron chi connectivity index (χ4n) is 2.18. The first kappa shape index (κ1) is 12.6. The minimum Gasteiger partial charge on any atom is -0.398 e. The van der Waals surface area contributed by atoms with Crippen LogP contribution in [0.1, 0.15) is 13.3 Å². The van der Waals surface area contributed by atoms with Crippen LogP contribution in [-0.4, -0.2) is 29.8 Å². The fraction of sp³-hybridized carbons (Fsp3) is 0.357. The highest BCUT2D eigenvalue weighted by molar-refractivity contribution is 5.98. The van der Waals surface area contributed by atoms with E-state index in [0.29, 0.717) is 6.54 Å². The number of benzene rings is 1. The summed E-state index contributed by atoms with van der Waals surface area (Å²) in [6, 6.07) is 7.75. The van der Waals surface area contributed by atoms with Crippen LogP contribution in [0, 0.1) is 0 Å². The number of rotatable bonds is 5. The summed E-state index contributed by atoms with van der Waals surface area (Å²) in [5, 5.41) is 10.1. The van der Waals surface area contributed by atoms with Crippen LogP contribution >= 0.6 is 0 Å². The second kappa shape index (κ2) is 5.69. The molecule has 2 rings (SSSR count). The number of anilines is 2. The van der Waals surface area contributed by atoms with E-state index < -0.39 is 0 Å². The zero-order valence-corrected chi connectivity index (χ0v) is 10.6. The van der Waals surface area contributed by atoms with Gasteiger partial charge in [0.2, 0.25) is 0 Å². The third-order valence-electron chi connectivity index (χ3n) is 2.99. The van der Waals surface area contributed by atoms with Gasteiger partial charge in [0.15, 0.2) is 0 Å². The van der Waals surface area contributed by atoms with Gasteiger partial charge in [-0.3, -0.25) is 4.98 Å². The van der Waals surface area contributed by atoms with Gasteiger partial charge in [0, 0.05) is 30.4 Å². The van der Waals surface area contributed by atoms with E-state index in [4.69, 9.17) is 10.8 Å². The second-order valence-corrected chi connectivity index (χ2v) is 4.28. The lowest BCUT2D eigenvalue weighted by atomic mass is 10.1. The van der Waals surface area contributed by atoms with Crippen molar-refractivity contribution in [3.05, 3.63) is 30.5 Å². The van der Waals surface area contributed by atoms with Gasteiger partial charge in [0.05, 0.1) is 17.8 Å². The molecule has 0 fully saturated rings. The summed E-state index contributed by atoms with van der Waals surface area (Å²) in [5.41, 5.74) is 8.64. The van der Waals surface area contributed by atoms with E-state index in [2.05, 4.69) is 16.8 Å². The molecule has 3 N–H and O–H groups in total. The predicted octanol–water partition coefficient (Wildman–Crippen LogP) is 2.03. The van der Waals surface area contributed by atoms with Crippen molar-refractivity contribution in [3.8, 4) is 0 Å². The molecule has 18 heavy (non-hydrogen) atoms. The molecule has 0 saturated heterocycles.